The van der Waals surface area contributed by atoms with Gasteiger partial charge in [-0.05, 0) is 42.1 Å². The van der Waals surface area contributed by atoms with Crippen molar-refractivity contribution in [3.05, 3.63) is 58.6 Å². The summed E-state index contributed by atoms with van der Waals surface area (Å²) in [4.78, 5) is 21.1. The monoisotopic (exact) mass is 425 g/mol. The highest BCUT2D eigenvalue weighted by Gasteiger charge is 2.15. The number of anilines is 1. The number of pyridine rings is 2. The molecule has 0 saturated carbocycles. The first kappa shape index (κ1) is 21.4. The molecule has 0 fully saturated rings. The van der Waals surface area contributed by atoms with Crippen LogP contribution in [0, 0.1) is 5.41 Å². The molecule has 0 radical (unpaired) electrons. The van der Waals surface area contributed by atoms with E-state index in [-0.39, 0.29) is 17.2 Å². The van der Waals surface area contributed by atoms with Crippen LogP contribution in [0.25, 0.3) is 22.0 Å². The normalized spacial score (nSPS) is 12.9. The zero-order chi connectivity index (χ0) is 21.9. The standard InChI is InChI=1S/C21H23N5O3S/c1-4-30(28,29)25-16-7-8-24-20(10-16)19-13-26(3)21(27)17-6-5-14(9-18(17)19)15(11-22)12-23-2/h5-13,15,22H,4H2,1-3H3,(H,24,25). The molecule has 1 atom stereocenters. The highest BCUT2D eigenvalue weighted by atomic mass is 32.2. The van der Waals surface area contributed by atoms with E-state index in [0.29, 0.717) is 27.7 Å². The van der Waals surface area contributed by atoms with Gasteiger partial charge < -0.3 is 9.98 Å². The first-order valence-corrected chi connectivity index (χ1v) is 11.0. The number of rotatable bonds is 7. The molecular weight excluding hydrogens is 402 g/mol. The molecule has 0 amide bonds. The van der Waals surface area contributed by atoms with E-state index in [1.807, 2.05) is 12.1 Å². The van der Waals surface area contributed by atoms with Gasteiger partial charge in [0.1, 0.15) is 0 Å². The van der Waals surface area contributed by atoms with E-state index < -0.39 is 10.0 Å². The number of benzene rings is 1. The minimum absolute atomic E-state index is 0.0409. The average Bonchev–Trinajstić information content (AvgIpc) is 2.74. The maximum Gasteiger partial charge on any atom is 0.258 e. The molecule has 3 rings (SSSR count). The van der Waals surface area contributed by atoms with Crippen LogP contribution in [0.5, 0.6) is 0 Å². The minimum Gasteiger partial charge on any atom is -0.317 e. The fraction of sp³-hybridized carbons (Fsp3) is 0.238. The van der Waals surface area contributed by atoms with Crippen molar-refractivity contribution in [2.75, 3.05) is 17.5 Å². The summed E-state index contributed by atoms with van der Waals surface area (Å²) in [6.45, 7) is 1.56. The van der Waals surface area contributed by atoms with Crippen LogP contribution in [-0.2, 0) is 17.1 Å². The molecule has 0 aliphatic heterocycles. The Morgan fingerprint density at radius 1 is 1.27 bits per heavy atom. The van der Waals surface area contributed by atoms with Crippen molar-refractivity contribution >= 4 is 38.9 Å². The largest absolute Gasteiger partial charge is 0.317 e. The van der Waals surface area contributed by atoms with E-state index in [4.69, 9.17) is 5.41 Å². The Morgan fingerprint density at radius 2 is 2.03 bits per heavy atom. The second kappa shape index (κ2) is 8.58. The summed E-state index contributed by atoms with van der Waals surface area (Å²) in [5, 5.41) is 8.86. The molecule has 0 saturated heterocycles. The van der Waals surface area contributed by atoms with Crippen LogP contribution in [0.1, 0.15) is 18.4 Å². The number of sulfonamides is 1. The topological polar surface area (TPSA) is 117 Å². The first-order chi connectivity index (χ1) is 14.3. The SMILES string of the molecule is CCS(=O)(=O)Nc1ccnc(-c2cn(C)c(=O)c3ccc(C(C=N)C=NC)cc23)c1. The lowest BCUT2D eigenvalue weighted by Gasteiger charge is -2.13. The maximum absolute atomic E-state index is 12.7. The van der Waals surface area contributed by atoms with Gasteiger partial charge in [-0.25, -0.2) is 8.42 Å². The summed E-state index contributed by atoms with van der Waals surface area (Å²) in [6, 6.07) is 8.62. The number of aromatic nitrogens is 2. The van der Waals surface area contributed by atoms with Gasteiger partial charge in [0.2, 0.25) is 10.0 Å². The quantitative estimate of drug-likeness (QED) is 0.566. The van der Waals surface area contributed by atoms with Crippen LogP contribution in [0.3, 0.4) is 0 Å². The Morgan fingerprint density at radius 3 is 2.70 bits per heavy atom. The maximum atomic E-state index is 12.7. The average molecular weight is 426 g/mol. The van der Waals surface area contributed by atoms with Crippen LogP contribution in [0.4, 0.5) is 5.69 Å². The fourth-order valence-electron chi connectivity index (χ4n) is 3.17. The molecule has 0 bridgehead atoms. The summed E-state index contributed by atoms with van der Waals surface area (Å²) >= 11 is 0. The van der Waals surface area contributed by atoms with Gasteiger partial charge in [0.25, 0.3) is 5.56 Å². The summed E-state index contributed by atoms with van der Waals surface area (Å²) < 4.78 is 27.9. The molecule has 156 valence electrons. The van der Waals surface area contributed by atoms with Gasteiger partial charge in [-0.1, -0.05) is 6.07 Å². The summed E-state index contributed by atoms with van der Waals surface area (Å²) in [6.07, 6.45) is 6.15. The fourth-order valence-corrected chi connectivity index (χ4v) is 3.80. The third kappa shape index (κ3) is 4.30. The van der Waals surface area contributed by atoms with Crippen molar-refractivity contribution in [2.45, 2.75) is 12.8 Å². The molecule has 1 aromatic carbocycles. The van der Waals surface area contributed by atoms with Crippen LogP contribution in [0.15, 0.2) is 52.5 Å². The Kier molecular flexibility index (Phi) is 6.12. The summed E-state index contributed by atoms with van der Waals surface area (Å²) in [7, 11) is -0.125. The lowest BCUT2D eigenvalue weighted by Crippen LogP contribution is -2.17. The molecule has 9 heteroatoms. The van der Waals surface area contributed by atoms with Crippen LogP contribution in [0.2, 0.25) is 0 Å². The van der Waals surface area contributed by atoms with Crippen molar-refractivity contribution in [1.82, 2.24) is 9.55 Å². The lowest BCUT2D eigenvalue weighted by atomic mass is 9.95. The Labute approximate surface area is 174 Å². The van der Waals surface area contributed by atoms with Gasteiger partial charge >= 0.3 is 0 Å². The molecule has 0 spiro atoms. The number of hydrogen-bond acceptors (Lipinski definition) is 6. The molecule has 0 aliphatic rings. The highest BCUT2D eigenvalue weighted by Crippen LogP contribution is 2.29. The van der Waals surface area contributed by atoms with Gasteiger partial charge in [-0.3, -0.25) is 19.5 Å². The molecule has 30 heavy (non-hydrogen) atoms. The van der Waals surface area contributed by atoms with E-state index in [2.05, 4.69) is 14.7 Å². The Bertz CT molecular complexity index is 1300. The highest BCUT2D eigenvalue weighted by molar-refractivity contribution is 7.92. The first-order valence-electron chi connectivity index (χ1n) is 9.32. The number of aliphatic imine (C=N–C) groups is 1. The molecular formula is C21H23N5O3S. The van der Waals surface area contributed by atoms with E-state index in [0.717, 1.165) is 5.56 Å². The van der Waals surface area contributed by atoms with Crippen molar-refractivity contribution in [3.63, 3.8) is 0 Å². The molecule has 0 aliphatic carbocycles. The van der Waals surface area contributed by atoms with Gasteiger partial charge in [0.05, 0.1) is 23.1 Å². The number of nitrogens with one attached hydrogen (secondary N) is 2. The van der Waals surface area contributed by atoms with Gasteiger partial charge in [-0.2, -0.15) is 0 Å². The van der Waals surface area contributed by atoms with Crippen LogP contribution >= 0.6 is 0 Å². The van der Waals surface area contributed by atoms with Crippen LogP contribution in [-0.4, -0.2) is 43.2 Å². The number of hydrogen-bond donors (Lipinski definition) is 2. The second-order valence-electron chi connectivity index (χ2n) is 6.80. The van der Waals surface area contributed by atoms with E-state index in [9.17, 15) is 13.2 Å². The predicted molar refractivity (Wildman–Crippen MR) is 121 cm³/mol. The zero-order valence-corrected chi connectivity index (χ0v) is 17.8. The molecule has 2 N–H and O–H groups in total. The lowest BCUT2D eigenvalue weighted by molar-refractivity contribution is 0.602. The molecule has 2 heterocycles. The predicted octanol–water partition coefficient (Wildman–Crippen LogP) is 2.80. The molecule has 1 unspecified atom stereocenters. The second-order valence-corrected chi connectivity index (χ2v) is 8.81. The third-order valence-electron chi connectivity index (χ3n) is 4.77. The molecule has 8 nitrogen and oxygen atoms in total. The summed E-state index contributed by atoms with van der Waals surface area (Å²) in [5.41, 5.74) is 2.28. The van der Waals surface area contributed by atoms with Gasteiger partial charge in [0, 0.05) is 49.9 Å². The van der Waals surface area contributed by atoms with Gasteiger partial charge in [-0.15, -0.1) is 0 Å². The molecule has 2 aromatic heterocycles. The van der Waals surface area contributed by atoms with Crippen molar-refractivity contribution in [2.24, 2.45) is 12.0 Å². The van der Waals surface area contributed by atoms with Crippen molar-refractivity contribution in [3.8, 4) is 11.3 Å². The minimum atomic E-state index is -3.43. The van der Waals surface area contributed by atoms with Crippen molar-refractivity contribution in [1.29, 1.82) is 5.41 Å². The summed E-state index contributed by atoms with van der Waals surface area (Å²) in [5.74, 6) is -0.354. The van der Waals surface area contributed by atoms with Crippen molar-refractivity contribution < 1.29 is 8.42 Å². The number of aryl methyl sites for hydroxylation is 1. The Hall–Kier alpha value is -3.33. The van der Waals surface area contributed by atoms with E-state index >= 15 is 0 Å². The third-order valence-corrected chi connectivity index (χ3v) is 6.08. The zero-order valence-electron chi connectivity index (χ0n) is 17.0. The Balaban J connectivity index is 2.24. The van der Waals surface area contributed by atoms with Crippen LogP contribution < -0.4 is 10.3 Å². The van der Waals surface area contributed by atoms with E-state index in [1.54, 1.807) is 51.6 Å². The molecule has 3 aromatic rings. The number of nitrogens with zero attached hydrogens (tertiary/aromatic N) is 3. The smallest absolute Gasteiger partial charge is 0.258 e. The van der Waals surface area contributed by atoms with E-state index in [1.165, 1.54) is 17.0 Å². The number of fused-ring (bicyclic) bond motifs is 1. The van der Waals surface area contributed by atoms with Gasteiger partial charge in [0.15, 0.2) is 0 Å².